The molecular weight excluding hydrogens is 204 g/mol. The van der Waals surface area contributed by atoms with E-state index in [1.165, 1.54) is 11.8 Å². The zero-order chi connectivity index (χ0) is 10.1. The summed E-state index contributed by atoms with van der Waals surface area (Å²) in [4.78, 5) is 0.420. The second-order valence-electron chi connectivity index (χ2n) is 3.27. The molecular formula is C10H11F2NS. The Morgan fingerprint density at radius 1 is 1.50 bits per heavy atom. The van der Waals surface area contributed by atoms with E-state index in [0.717, 1.165) is 19.0 Å². The molecule has 4 heteroatoms. The fourth-order valence-corrected chi connectivity index (χ4v) is 2.58. The topological polar surface area (TPSA) is 12.0 Å². The van der Waals surface area contributed by atoms with Gasteiger partial charge in [-0.1, -0.05) is 6.92 Å². The number of nitrogens with one attached hydrogen (secondary N) is 1. The third kappa shape index (κ3) is 1.59. The van der Waals surface area contributed by atoms with Crippen molar-refractivity contribution in [3.63, 3.8) is 0 Å². The Bertz CT molecular complexity index is 354. The van der Waals surface area contributed by atoms with Crippen molar-refractivity contribution >= 4 is 17.4 Å². The number of thioether (sulfide) groups is 1. The molecule has 14 heavy (non-hydrogen) atoms. The second-order valence-corrected chi connectivity index (χ2v) is 4.58. The summed E-state index contributed by atoms with van der Waals surface area (Å²) in [6.07, 6.45) is 0.951. The van der Waals surface area contributed by atoms with Crippen molar-refractivity contribution in [2.75, 3.05) is 11.9 Å². The van der Waals surface area contributed by atoms with Crippen molar-refractivity contribution in [3.8, 4) is 0 Å². The third-order valence-corrected chi connectivity index (χ3v) is 3.78. The first-order valence-corrected chi connectivity index (χ1v) is 5.49. The molecule has 0 spiro atoms. The van der Waals surface area contributed by atoms with Gasteiger partial charge in [-0.15, -0.1) is 11.8 Å². The van der Waals surface area contributed by atoms with Gasteiger partial charge >= 0.3 is 0 Å². The Kier molecular flexibility index (Phi) is 2.63. The minimum absolute atomic E-state index is 0.332. The van der Waals surface area contributed by atoms with E-state index in [-0.39, 0.29) is 0 Å². The fourth-order valence-electron chi connectivity index (χ4n) is 1.45. The van der Waals surface area contributed by atoms with E-state index in [4.69, 9.17) is 0 Å². The van der Waals surface area contributed by atoms with Crippen LogP contribution >= 0.6 is 11.8 Å². The van der Waals surface area contributed by atoms with E-state index in [1.807, 2.05) is 6.92 Å². The molecule has 1 atom stereocenters. The van der Waals surface area contributed by atoms with Gasteiger partial charge in [-0.05, 0) is 18.6 Å². The van der Waals surface area contributed by atoms with E-state index in [9.17, 15) is 8.78 Å². The van der Waals surface area contributed by atoms with Crippen LogP contribution in [0.4, 0.5) is 14.5 Å². The van der Waals surface area contributed by atoms with Crippen molar-refractivity contribution in [1.29, 1.82) is 0 Å². The average Bonchev–Trinajstić information content (AvgIpc) is 2.23. The minimum Gasteiger partial charge on any atom is -0.383 e. The van der Waals surface area contributed by atoms with Gasteiger partial charge in [-0.25, -0.2) is 8.78 Å². The summed E-state index contributed by atoms with van der Waals surface area (Å²) in [6.45, 7) is 2.86. The van der Waals surface area contributed by atoms with Crippen LogP contribution in [0.3, 0.4) is 0 Å². The molecule has 0 aromatic heterocycles. The van der Waals surface area contributed by atoms with Crippen molar-refractivity contribution in [2.45, 2.75) is 23.5 Å². The SMILES string of the molecule is CCC1CNc2ccc(F)c(F)c2S1. The molecule has 1 nitrogen and oxygen atoms in total. The van der Waals surface area contributed by atoms with Crippen LogP contribution in [0.25, 0.3) is 0 Å². The summed E-state index contributed by atoms with van der Waals surface area (Å²) in [6, 6.07) is 2.75. The number of hydrogen-bond donors (Lipinski definition) is 1. The molecule has 0 amide bonds. The van der Waals surface area contributed by atoms with Crippen LogP contribution in [0.1, 0.15) is 13.3 Å². The van der Waals surface area contributed by atoms with Gasteiger partial charge in [0.1, 0.15) is 0 Å². The monoisotopic (exact) mass is 215 g/mol. The maximum absolute atomic E-state index is 13.4. The van der Waals surface area contributed by atoms with Gasteiger partial charge in [0, 0.05) is 11.8 Å². The van der Waals surface area contributed by atoms with Gasteiger partial charge < -0.3 is 5.32 Å². The molecule has 76 valence electrons. The van der Waals surface area contributed by atoms with Crippen LogP contribution in [0.2, 0.25) is 0 Å². The summed E-state index contributed by atoms with van der Waals surface area (Å²) >= 11 is 1.42. The highest BCUT2D eigenvalue weighted by atomic mass is 32.2. The number of anilines is 1. The lowest BCUT2D eigenvalue weighted by Gasteiger charge is -2.24. The predicted octanol–water partition coefficient (Wildman–Crippen LogP) is 3.26. The fraction of sp³-hybridized carbons (Fsp3) is 0.400. The maximum atomic E-state index is 13.4. The van der Waals surface area contributed by atoms with E-state index >= 15 is 0 Å². The second kappa shape index (κ2) is 3.77. The molecule has 0 fully saturated rings. The van der Waals surface area contributed by atoms with Gasteiger partial charge in [-0.3, -0.25) is 0 Å². The van der Waals surface area contributed by atoms with Crippen LogP contribution in [-0.2, 0) is 0 Å². The van der Waals surface area contributed by atoms with Crippen LogP contribution in [0.15, 0.2) is 17.0 Å². The van der Waals surface area contributed by atoms with Crippen molar-refractivity contribution in [3.05, 3.63) is 23.8 Å². The quantitative estimate of drug-likeness (QED) is 0.771. The van der Waals surface area contributed by atoms with Crippen molar-refractivity contribution in [1.82, 2.24) is 0 Å². The molecule has 0 saturated carbocycles. The first kappa shape index (κ1) is 9.77. The van der Waals surface area contributed by atoms with Gasteiger partial charge in [0.2, 0.25) is 0 Å². The number of fused-ring (bicyclic) bond motifs is 1. The summed E-state index contributed by atoms with van der Waals surface area (Å²) in [5.74, 6) is -1.49. The van der Waals surface area contributed by atoms with Gasteiger partial charge in [-0.2, -0.15) is 0 Å². The summed E-state index contributed by atoms with van der Waals surface area (Å²) in [5, 5.41) is 3.44. The number of hydrogen-bond acceptors (Lipinski definition) is 2. The molecule has 1 aliphatic rings. The standard InChI is InChI=1S/C10H11F2NS/c1-2-6-5-13-8-4-3-7(11)9(12)10(8)14-6/h3-4,6,13H,2,5H2,1H3. The average molecular weight is 215 g/mol. The van der Waals surface area contributed by atoms with Crippen molar-refractivity contribution in [2.24, 2.45) is 0 Å². The summed E-state index contributed by atoms with van der Waals surface area (Å²) in [7, 11) is 0. The summed E-state index contributed by atoms with van der Waals surface area (Å²) < 4.78 is 26.3. The normalized spacial score (nSPS) is 20.1. The van der Waals surface area contributed by atoms with Crippen LogP contribution in [0, 0.1) is 11.6 Å². The summed E-state index contributed by atoms with van der Waals surface area (Å²) in [5.41, 5.74) is 0.707. The van der Waals surface area contributed by atoms with Crippen LogP contribution in [-0.4, -0.2) is 11.8 Å². The highest BCUT2D eigenvalue weighted by Gasteiger charge is 2.22. The number of halogens is 2. The van der Waals surface area contributed by atoms with Crippen molar-refractivity contribution < 1.29 is 8.78 Å². The molecule has 0 saturated heterocycles. The Balaban J connectivity index is 2.38. The Morgan fingerprint density at radius 3 is 3.00 bits per heavy atom. The van der Waals surface area contributed by atoms with Crippen LogP contribution in [0.5, 0.6) is 0 Å². The van der Waals surface area contributed by atoms with Gasteiger partial charge in [0.05, 0.1) is 10.6 Å². The maximum Gasteiger partial charge on any atom is 0.174 e. The lowest BCUT2D eigenvalue weighted by atomic mass is 10.2. The molecule has 1 N–H and O–H groups in total. The molecule has 0 aliphatic carbocycles. The Labute approximate surface area is 85.9 Å². The van der Waals surface area contributed by atoms with E-state index in [0.29, 0.717) is 15.8 Å². The molecule has 1 aromatic rings. The molecule has 1 aliphatic heterocycles. The Hall–Kier alpha value is -0.770. The highest BCUT2D eigenvalue weighted by Crippen LogP contribution is 2.38. The van der Waals surface area contributed by atoms with E-state index < -0.39 is 11.6 Å². The largest absolute Gasteiger partial charge is 0.383 e. The molecule has 1 unspecified atom stereocenters. The van der Waals surface area contributed by atoms with E-state index in [1.54, 1.807) is 6.07 Å². The molecule has 1 aromatic carbocycles. The first-order valence-electron chi connectivity index (χ1n) is 4.61. The predicted molar refractivity (Wildman–Crippen MR) is 54.8 cm³/mol. The minimum atomic E-state index is -0.769. The van der Waals surface area contributed by atoms with E-state index in [2.05, 4.69) is 5.32 Å². The number of benzene rings is 1. The first-order chi connectivity index (χ1) is 6.72. The molecule has 1 heterocycles. The Morgan fingerprint density at radius 2 is 2.29 bits per heavy atom. The lowest BCUT2D eigenvalue weighted by Crippen LogP contribution is -2.21. The third-order valence-electron chi connectivity index (χ3n) is 2.31. The number of rotatable bonds is 1. The van der Waals surface area contributed by atoms with Gasteiger partial charge in [0.25, 0.3) is 0 Å². The smallest absolute Gasteiger partial charge is 0.174 e. The van der Waals surface area contributed by atoms with Gasteiger partial charge in [0.15, 0.2) is 11.6 Å². The molecule has 2 rings (SSSR count). The highest BCUT2D eigenvalue weighted by molar-refractivity contribution is 8.00. The zero-order valence-corrected chi connectivity index (χ0v) is 8.63. The lowest BCUT2D eigenvalue weighted by molar-refractivity contribution is 0.491. The molecule has 0 radical (unpaired) electrons. The zero-order valence-electron chi connectivity index (χ0n) is 7.81. The van der Waals surface area contributed by atoms with Crippen LogP contribution < -0.4 is 5.32 Å². The molecule has 0 bridgehead atoms.